The van der Waals surface area contributed by atoms with E-state index in [9.17, 15) is 4.79 Å². The molecule has 0 radical (unpaired) electrons. The molecule has 0 aliphatic rings. The van der Waals surface area contributed by atoms with Gasteiger partial charge < -0.3 is 15.8 Å². The first-order valence-electron chi connectivity index (χ1n) is 6.42. The Balaban J connectivity index is 2.23. The lowest BCUT2D eigenvalue weighted by atomic mass is 10.1. The number of nitrogens with one attached hydrogen (secondary N) is 1. The largest absolute Gasteiger partial charge is 0.465 e. The van der Waals surface area contributed by atoms with Gasteiger partial charge in [-0.3, -0.25) is 4.68 Å². The van der Waals surface area contributed by atoms with Crippen LogP contribution >= 0.6 is 11.6 Å². The van der Waals surface area contributed by atoms with Crippen LogP contribution in [0.5, 0.6) is 0 Å². The van der Waals surface area contributed by atoms with Crippen molar-refractivity contribution in [3.05, 3.63) is 41.2 Å². The van der Waals surface area contributed by atoms with E-state index in [0.717, 1.165) is 0 Å². The molecule has 0 amide bonds. The summed E-state index contributed by atoms with van der Waals surface area (Å²) in [4.78, 5) is 11.8. The van der Waals surface area contributed by atoms with Crippen molar-refractivity contribution in [3.63, 3.8) is 0 Å². The first-order valence-corrected chi connectivity index (χ1v) is 6.80. The number of hydrogen-bond donors (Lipinski definition) is 2. The first kappa shape index (κ1) is 15.2. The van der Waals surface area contributed by atoms with Crippen molar-refractivity contribution < 1.29 is 9.53 Å². The van der Waals surface area contributed by atoms with Gasteiger partial charge in [-0.05, 0) is 25.1 Å². The van der Waals surface area contributed by atoms with Crippen molar-refractivity contribution >= 4 is 28.9 Å². The number of nitrogen functional groups attached to an aromatic ring is 1. The summed E-state index contributed by atoms with van der Waals surface area (Å²) < 4.78 is 6.56. The summed E-state index contributed by atoms with van der Waals surface area (Å²) in [5.74, 6) is -0.488. The van der Waals surface area contributed by atoms with Crippen molar-refractivity contribution in [1.29, 1.82) is 0 Å². The molecule has 0 fully saturated rings. The fourth-order valence-corrected chi connectivity index (χ4v) is 2.31. The molecular formula is C14H17ClN4O2. The Morgan fingerprint density at radius 3 is 2.95 bits per heavy atom. The SMILES string of the molecule is COC(=O)c1cc(N)cc(Cl)c1NC(C)Cn1cccn1. The minimum atomic E-state index is -0.488. The monoisotopic (exact) mass is 308 g/mol. The van der Waals surface area contributed by atoms with Gasteiger partial charge in [0.05, 0.1) is 29.9 Å². The average Bonchev–Trinajstić information content (AvgIpc) is 2.93. The van der Waals surface area contributed by atoms with Gasteiger partial charge in [0.15, 0.2) is 0 Å². The van der Waals surface area contributed by atoms with E-state index in [1.807, 2.05) is 19.2 Å². The number of nitrogens with two attached hydrogens (primary N) is 1. The maximum atomic E-state index is 11.8. The molecule has 2 rings (SSSR count). The number of carbonyl (C=O) groups is 1. The number of benzene rings is 1. The van der Waals surface area contributed by atoms with Gasteiger partial charge in [-0.15, -0.1) is 0 Å². The summed E-state index contributed by atoms with van der Waals surface area (Å²) >= 11 is 6.19. The smallest absolute Gasteiger partial charge is 0.340 e. The molecule has 0 saturated carbocycles. The number of carbonyl (C=O) groups excluding carboxylic acids is 1. The third-order valence-electron chi connectivity index (χ3n) is 2.93. The Labute approximate surface area is 127 Å². The molecular weight excluding hydrogens is 292 g/mol. The van der Waals surface area contributed by atoms with Crippen LogP contribution in [0.4, 0.5) is 11.4 Å². The highest BCUT2D eigenvalue weighted by Gasteiger charge is 2.18. The summed E-state index contributed by atoms with van der Waals surface area (Å²) in [5.41, 5.74) is 6.96. The Bertz CT molecular complexity index is 628. The van der Waals surface area contributed by atoms with E-state index in [4.69, 9.17) is 22.1 Å². The molecule has 0 aliphatic carbocycles. The molecule has 0 spiro atoms. The number of rotatable bonds is 5. The lowest BCUT2D eigenvalue weighted by molar-refractivity contribution is 0.0602. The van der Waals surface area contributed by atoms with Crippen LogP contribution < -0.4 is 11.1 Å². The number of methoxy groups -OCH3 is 1. The van der Waals surface area contributed by atoms with Gasteiger partial charge >= 0.3 is 5.97 Å². The standard InChI is InChI=1S/C14H17ClN4O2/c1-9(8-19-5-3-4-17-19)18-13-11(14(20)21-2)6-10(16)7-12(13)15/h3-7,9,18H,8,16H2,1-2H3. The summed E-state index contributed by atoms with van der Waals surface area (Å²) in [6.07, 6.45) is 3.58. The van der Waals surface area contributed by atoms with Crippen LogP contribution in [0.25, 0.3) is 0 Å². The maximum Gasteiger partial charge on any atom is 0.340 e. The number of hydrogen-bond acceptors (Lipinski definition) is 5. The van der Waals surface area contributed by atoms with Gasteiger partial charge in [0, 0.05) is 24.1 Å². The second-order valence-electron chi connectivity index (χ2n) is 4.69. The molecule has 112 valence electrons. The highest BCUT2D eigenvalue weighted by molar-refractivity contribution is 6.34. The van der Waals surface area contributed by atoms with Gasteiger partial charge in [-0.2, -0.15) is 5.10 Å². The van der Waals surface area contributed by atoms with E-state index in [1.165, 1.54) is 7.11 Å². The van der Waals surface area contributed by atoms with Crippen LogP contribution in [0.3, 0.4) is 0 Å². The Hall–Kier alpha value is -2.21. The van der Waals surface area contributed by atoms with Crippen LogP contribution in [-0.4, -0.2) is 28.9 Å². The fourth-order valence-electron chi connectivity index (χ4n) is 2.03. The van der Waals surface area contributed by atoms with Crippen molar-refractivity contribution in [1.82, 2.24) is 9.78 Å². The molecule has 21 heavy (non-hydrogen) atoms. The van der Waals surface area contributed by atoms with E-state index in [1.54, 1.807) is 23.0 Å². The van der Waals surface area contributed by atoms with E-state index in [2.05, 4.69) is 10.4 Å². The Morgan fingerprint density at radius 2 is 2.33 bits per heavy atom. The van der Waals surface area contributed by atoms with Crippen LogP contribution in [0.2, 0.25) is 5.02 Å². The number of nitrogens with zero attached hydrogens (tertiary/aromatic N) is 2. The maximum absolute atomic E-state index is 11.8. The molecule has 1 aromatic heterocycles. The van der Waals surface area contributed by atoms with Gasteiger partial charge in [0.25, 0.3) is 0 Å². The number of ether oxygens (including phenoxy) is 1. The van der Waals surface area contributed by atoms with Gasteiger partial charge in [-0.1, -0.05) is 11.6 Å². The number of anilines is 2. The normalized spacial score (nSPS) is 12.0. The molecule has 1 unspecified atom stereocenters. The molecule has 6 nitrogen and oxygen atoms in total. The van der Waals surface area contributed by atoms with Gasteiger partial charge in [0.2, 0.25) is 0 Å². The summed E-state index contributed by atoms with van der Waals surface area (Å²) in [5, 5.41) is 7.73. The summed E-state index contributed by atoms with van der Waals surface area (Å²) in [6.45, 7) is 2.60. The van der Waals surface area contributed by atoms with Crippen molar-refractivity contribution in [2.45, 2.75) is 19.5 Å². The lowest BCUT2D eigenvalue weighted by Crippen LogP contribution is -2.24. The molecule has 0 bridgehead atoms. The summed E-state index contributed by atoms with van der Waals surface area (Å²) in [7, 11) is 1.32. The van der Waals surface area contributed by atoms with Gasteiger partial charge in [0.1, 0.15) is 0 Å². The molecule has 2 aromatic rings. The lowest BCUT2D eigenvalue weighted by Gasteiger charge is -2.19. The van der Waals surface area contributed by atoms with Crippen molar-refractivity contribution in [2.24, 2.45) is 0 Å². The zero-order chi connectivity index (χ0) is 15.4. The number of esters is 1. The van der Waals surface area contributed by atoms with Crippen LogP contribution in [0.1, 0.15) is 17.3 Å². The highest BCUT2D eigenvalue weighted by Crippen LogP contribution is 2.30. The highest BCUT2D eigenvalue weighted by atomic mass is 35.5. The molecule has 0 saturated heterocycles. The summed E-state index contributed by atoms with van der Waals surface area (Å²) in [6, 6.07) is 5.00. The number of halogens is 1. The fraction of sp³-hybridized carbons (Fsp3) is 0.286. The van der Waals surface area contributed by atoms with E-state index in [-0.39, 0.29) is 6.04 Å². The molecule has 1 heterocycles. The molecule has 1 aromatic carbocycles. The Morgan fingerprint density at radius 1 is 1.57 bits per heavy atom. The van der Waals surface area contributed by atoms with Crippen LogP contribution in [-0.2, 0) is 11.3 Å². The van der Waals surface area contributed by atoms with Crippen LogP contribution in [0, 0.1) is 0 Å². The predicted octanol–water partition coefficient (Wildman–Crippen LogP) is 2.41. The molecule has 7 heteroatoms. The molecule has 3 N–H and O–H groups in total. The van der Waals surface area contributed by atoms with E-state index >= 15 is 0 Å². The average molecular weight is 309 g/mol. The predicted molar refractivity (Wildman–Crippen MR) is 82.5 cm³/mol. The van der Waals surface area contributed by atoms with Gasteiger partial charge in [-0.25, -0.2) is 4.79 Å². The zero-order valence-electron chi connectivity index (χ0n) is 11.8. The minimum Gasteiger partial charge on any atom is -0.465 e. The Kier molecular flexibility index (Phi) is 4.70. The number of aromatic nitrogens is 2. The topological polar surface area (TPSA) is 82.2 Å². The zero-order valence-corrected chi connectivity index (χ0v) is 12.6. The van der Waals surface area contributed by atoms with E-state index < -0.39 is 5.97 Å². The van der Waals surface area contributed by atoms with E-state index in [0.29, 0.717) is 28.5 Å². The second-order valence-corrected chi connectivity index (χ2v) is 5.10. The quantitative estimate of drug-likeness (QED) is 0.655. The first-order chi connectivity index (χ1) is 10.0. The van der Waals surface area contributed by atoms with Crippen molar-refractivity contribution in [3.8, 4) is 0 Å². The third-order valence-corrected chi connectivity index (χ3v) is 3.23. The molecule has 0 aliphatic heterocycles. The van der Waals surface area contributed by atoms with Crippen LogP contribution in [0.15, 0.2) is 30.6 Å². The third kappa shape index (κ3) is 3.66. The van der Waals surface area contributed by atoms with Crippen molar-refractivity contribution in [2.75, 3.05) is 18.2 Å². The second kappa shape index (κ2) is 6.49. The molecule has 1 atom stereocenters. The minimum absolute atomic E-state index is 0.00873.